The van der Waals surface area contributed by atoms with E-state index in [9.17, 15) is 24.9 Å². The molecule has 5 nitrogen and oxygen atoms in total. The fourth-order valence-electron chi connectivity index (χ4n) is 4.72. The second-order valence-electron chi connectivity index (χ2n) is 7.16. The Labute approximate surface area is 135 Å². The van der Waals surface area contributed by atoms with Gasteiger partial charge in [-0.1, -0.05) is 6.07 Å². The molecule has 0 bridgehead atoms. The van der Waals surface area contributed by atoms with Gasteiger partial charge in [-0.3, -0.25) is 9.59 Å². The monoisotopic (exact) mass is 318 g/mol. The molecule has 1 saturated carbocycles. The molecule has 0 amide bonds. The van der Waals surface area contributed by atoms with Crippen molar-refractivity contribution in [1.82, 2.24) is 0 Å². The second-order valence-corrected chi connectivity index (χ2v) is 7.16. The van der Waals surface area contributed by atoms with Crippen LogP contribution < -0.4 is 0 Å². The number of hydrogen-bond donors (Lipinski definition) is 3. The third-order valence-electron chi connectivity index (χ3n) is 5.98. The number of phenolic OH excluding ortho intramolecular Hbond substituents is 1. The number of aryl methyl sites for hydroxylation is 1. The Morgan fingerprint density at radius 3 is 2.65 bits per heavy atom. The van der Waals surface area contributed by atoms with E-state index in [0.29, 0.717) is 6.42 Å². The maximum absolute atomic E-state index is 11.8. The smallest absolute Gasteiger partial charge is 0.309 e. The van der Waals surface area contributed by atoms with Crippen molar-refractivity contribution in [2.24, 2.45) is 17.3 Å². The summed E-state index contributed by atoms with van der Waals surface area (Å²) < 4.78 is 0. The van der Waals surface area contributed by atoms with Crippen LogP contribution in [0.15, 0.2) is 18.2 Å². The quantitative estimate of drug-likeness (QED) is 0.796. The molecule has 124 valence electrons. The zero-order valence-electron chi connectivity index (χ0n) is 13.2. The van der Waals surface area contributed by atoms with Crippen LogP contribution in [0.5, 0.6) is 5.75 Å². The van der Waals surface area contributed by atoms with Crippen molar-refractivity contribution in [3.05, 3.63) is 29.3 Å². The summed E-state index contributed by atoms with van der Waals surface area (Å²) in [6.45, 7) is 1.70. The van der Waals surface area contributed by atoms with Crippen LogP contribution in [-0.4, -0.2) is 27.3 Å². The molecular formula is C18H22O5. The van der Waals surface area contributed by atoms with Gasteiger partial charge in [0.25, 0.3) is 0 Å². The summed E-state index contributed by atoms with van der Waals surface area (Å²) in [7, 11) is 0. The van der Waals surface area contributed by atoms with Crippen molar-refractivity contribution in [3.63, 3.8) is 0 Å². The Bertz CT molecular complexity index is 653. The van der Waals surface area contributed by atoms with Gasteiger partial charge in [0.05, 0.1) is 5.41 Å². The lowest BCUT2D eigenvalue weighted by Gasteiger charge is -2.49. The molecule has 4 unspecified atom stereocenters. The first-order chi connectivity index (χ1) is 10.8. The number of aliphatic carboxylic acids is 2. The number of fused-ring (bicyclic) bond motifs is 3. The zero-order chi connectivity index (χ0) is 16.8. The largest absolute Gasteiger partial charge is 0.508 e. The number of carbonyl (C=O) groups is 2. The predicted molar refractivity (Wildman–Crippen MR) is 83.4 cm³/mol. The van der Waals surface area contributed by atoms with Gasteiger partial charge in [-0.25, -0.2) is 0 Å². The van der Waals surface area contributed by atoms with Crippen LogP contribution in [0.3, 0.4) is 0 Å². The number of hydrogen-bond acceptors (Lipinski definition) is 3. The average molecular weight is 318 g/mol. The fourth-order valence-corrected chi connectivity index (χ4v) is 4.72. The van der Waals surface area contributed by atoms with E-state index < -0.39 is 17.4 Å². The second kappa shape index (κ2) is 5.55. The van der Waals surface area contributed by atoms with Gasteiger partial charge < -0.3 is 15.3 Å². The van der Waals surface area contributed by atoms with Gasteiger partial charge in [0, 0.05) is 6.42 Å². The Balaban J connectivity index is 1.99. The highest BCUT2D eigenvalue weighted by molar-refractivity contribution is 5.77. The van der Waals surface area contributed by atoms with Gasteiger partial charge in [0.1, 0.15) is 5.75 Å². The molecule has 5 heteroatoms. The van der Waals surface area contributed by atoms with Crippen LogP contribution in [0.4, 0.5) is 0 Å². The van der Waals surface area contributed by atoms with E-state index >= 15 is 0 Å². The number of carboxylic acids is 2. The molecule has 1 fully saturated rings. The minimum absolute atomic E-state index is 0.0676. The summed E-state index contributed by atoms with van der Waals surface area (Å²) in [4.78, 5) is 23.1. The molecule has 0 saturated heterocycles. The summed E-state index contributed by atoms with van der Waals surface area (Å²) in [6, 6.07) is 5.36. The maximum Gasteiger partial charge on any atom is 0.309 e. The van der Waals surface area contributed by atoms with Crippen molar-refractivity contribution < 1.29 is 24.9 Å². The number of phenols is 1. The average Bonchev–Trinajstić information content (AvgIpc) is 2.48. The molecule has 4 atom stereocenters. The highest BCUT2D eigenvalue weighted by atomic mass is 16.4. The molecule has 2 aliphatic carbocycles. The van der Waals surface area contributed by atoms with Gasteiger partial charge in [0.2, 0.25) is 0 Å². The summed E-state index contributed by atoms with van der Waals surface area (Å²) in [5.41, 5.74) is 1.29. The summed E-state index contributed by atoms with van der Waals surface area (Å²) in [6.07, 6.45) is 2.68. The van der Waals surface area contributed by atoms with Crippen molar-refractivity contribution in [2.45, 2.75) is 44.9 Å². The van der Waals surface area contributed by atoms with E-state index in [4.69, 9.17) is 0 Å². The van der Waals surface area contributed by atoms with E-state index in [0.717, 1.165) is 30.4 Å². The molecule has 2 aliphatic rings. The van der Waals surface area contributed by atoms with Gasteiger partial charge in [-0.2, -0.15) is 0 Å². The molecule has 1 aromatic rings. The molecule has 1 aromatic carbocycles. The molecule has 3 N–H and O–H groups in total. The molecule has 0 aliphatic heterocycles. The Morgan fingerprint density at radius 1 is 1.26 bits per heavy atom. The van der Waals surface area contributed by atoms with Gasteiger partial charge in [-0.15, -0.1) is 0 Å². The highest BCUT2D eigenvalue weighted by Gasteiger charge is 2.52. The van der Waals surface area contributed by atoms with Gasteiger partial charge in [-0.05, 0) is 73.6 Å². The van der Waals surface area contributed by atoms with Crippen molar-refractivity contribution in [2.75, 3.05) is 0 Å². The lowest BCUT2D eigenvalue weighted by molar-refractivity contribution is -0.159. The van der Waals surface area contributed by atoms with E-state index in [1.54, 1.807) is 19.1 Å². The lowest BCUT2D eigenvalue weighted by atomic mass is 9.54. The summed E-state index contributed by atoms with van der Waals surface area (Å²) in [5, 5.41) is 28.6. The number of carboxylic acid groups (broad SMARTS) is 2. The Hall–Kier alpha value is -2.04. The standard InChI is InChI=1S/C18H22O5/c1-18(17(22)23)7-6-13-12-5-3-11(19)8-10(12)2-4-14(13)15(18)9-16(20)21/h3,5,8,13-15,19H,2,4,6-7,9H2,1H3,(H,20,21)(H,22,23). The molecular weight excluding hydrogens is 296 g/mol. The van der Waals surface area contributed by atoms with Crippen LogP contribution in [0.2, 0.25) is 0 Å². The van der Waals surface area contributed by atoms with Crippen LogP contribution >= 0.6 is 0 Å². The molecule has 0 aromatic heterocycles. The van der Waals surface area contributed by atoms with E-state index in [1.165, 1.54) is 0 Å². The highest BCUT2D eigenvalue weighted by Crippen LogP contribution is 2.56. The zero-order valence-corrected chi connectivity index (χ0v) is 13.2. The third kappa shape index (κ3) is 2.58. The van der Waals surface area contributed by atoms with Crippen LogP contribution in [0.25, 0.3) is 0 Å². The molecule has 23 heavy (non-hydrogen) atoms. The lowest BCUT2D eigenvalue weighted by Crippen LogP contribution is -2.47. The minimum atomic E-state index is -0.978. The van der Waals surface area contributed by atoms with Crippen LogP contribution in [0.1, 0.15) is 49.7 Å². The summed E-state index contributed by atoms with van der Waals surface area (Å²) >= 11 is 0. The first kappa shape index (κ1) is 15.8. The van der Waals surface area contributed by atoms with Crippen molar-refractivity contribution in [1.29, 1.82) is 0 Å². The molecule has 0 heterocycles. The Kier molecular flexibility index (Phi) is 3.82. The number of benzene rings is 1. The number of rotatable bonds is 3. The van der Waals surface area contributed by atoms with Crippen molar-refractivity contribution in [3.8, 4) is 5.75 Å². The minimum Gasteiger partial charge on any atom is -0.508 e. The van der Waals surface area contributed by atoms with Gasteiger partial charge in [0.15, 0.2) is 0 Å². The predicted octanol–water partition coefficient (Wildman–Crippen LogP) is 3.01. The van der Waals surface area contributed by atoms with E-state index in [-0.39, 0.29) is 29.9 Å². The third-order valence-corrected chi connectivity index (χ3v) is 5.98. The fraction of sp³-hybridized carbons (Fsp3) is 0.556. The SMILES string of the molecule is CC1(C(=O)O)CCC2c3ccc(O)cc3CCC2C1CC(=O)O. The first-order valence-corrected chi connectivity index (χ1v) is 8.10. The first-order valence-electron chi connectivity index (χ1n) is 8.10. The van der Waals surface area contributed by atoms with Crippen LogP contribution in [-0.2, 0) is 16.0 Å². The maximum atomic E-state index is 11.8. The van der Waals surface area contributed by atoms with Crippen LogP contribution in [0, 0.1) is 17.3 Å². The molecule has 3 rings (SSSR count). The van der Waals surface area contributed by atoms with Gasteiger partial charge >= 0.3 is 11.9 Å². The number of aromatic hydroxyl groups is 1. The molecule has 0 spiro atoms. The topological polar surface area (TPSA) is 94.8 Å². The van der Waals surface area contributed by atoms with E-state index in [1.807, 2.05) is 6.07 Å². The van der Waals surface area contributed by atoms with E-state index in [2.05, 4.69) is 0 Å². The summed E-state index contributed by atoms with van der Waals surface area (Å²) in [5.74, 6) is -1.68. The normalized spacial score (nSPS) is 32.7. The Morgan fingerprint density at radius 2 is 2.00 bits per heavy atom. The van der Waals surface area contributed by atoms with Crippen molar-refractivity contribution >= 4 is 11.9 Å². The molecule has 0 radical (unpaired) electrons.